The van der Waals surface area contributed by atoms with Gasteiger partial charge in [-0.05, 0) is 11.8 Å². The molecule has 0 radical (unpaired) electrons. The molecule has 0 spiro atoms. The van der Waals surface area contributed by atoms with Crippen LogP contribution in [0.1, 0.15) is 34.6 Å². The number of nitro benzene ring substituents is 2. The molecular formula is C22H26N2O13S2. The van der Waals surface area contributed by atoms with E-state index in [0.29, 0.717) is 17.5 Å². The highest BCUT2D eigenvalue weighted by Crippen LogP contribution is 2.44. The van der Waals surface area contributed by atoms with Gasteiger partial charge in [0.1, 0.15) is 18.1 Å². The molecule has 214 valence electrons. The normalized spacial score (nSPS) is 22.3. The number of ether oxygens (including phenoxy) is 5. The van der Waals surface area contributed by atoms with Crippen molar-refractivity contribution >= 4 is 58.8 Å². The molecule has 0 saturated carbocycles. The van der Waals surface area contributed by atoms with Crippen LogP contribution in [0.5, 0.6) is 0 Å². The minimum absolute atomic E-state index is 0.0811. The highest BCUT2D eigenvalue weighted by Gasteiger charge is 2.53. The van der Waals surface area contributed by atoms with E-state index in [9.17, 15) is 39.4 Å². The van der Waals surface area contributed by atoms with E-state index in [0.717, 1.165) is 45.5 Å². The molecule has 1 aliphatic heterocycles. The number of nitro groups is 2. The van der Waals surface area contributed by atoms with Crippen molar-refractivity contribution in [3.05, 3.63) is 32.4 Å². The Morgan fingerprint density at radius 1 is 0.821 bits per heavy atom. The fourth-order valence-corrected chi connectivity index (χ4v) is 5.70. The molecule has 1 aromatic rings. The number of hydrogen-bond acceptors (Lipinski definition) is 15. The Labute approximate surface area is 230 Å². The van der Waals surface area contributed by atoms with Crippen LogP contribution in [-0.4, -0.2) is 75.9 Å². The average molecular weight is 591 g/mol. The van der Waals surface area contributed by atoms with E-state index in [1.165, 1.54) is 6.07 Å². The van der Waals surface area contributed by atoms with Crippen LogP contribution < -0.4 is 0 Å². The van der Waals surface area contributed by atoms with Crippen LogP contribution in [0.3, 0.4) is 0 Å². The highest BCUT2D eigenvalue weighted by molar-refractivity contribution is 8.00. The molecule has 1 fully saturated rings. The fraction of sp³-hybridized carbons (Fsp3) is 0.545. The van der Waals surface area contributed by atoms with E-state index >= 15 is 0 Å². The first-order valence-electron chi connectivity index (χ1n) is 11.3. The minimum atomic E-state index is -1.47. The largest absolute Gasteiger partial charge is 0.463 e. The highest BCUT2D eigenvalue weighted by atomic mass is 32.2. The summed E-state index contributed by atoms with van der Waals surface area (Å²) in [5.41, 5.74) is -2.44. The molecule has 1 aliphatic rings. The lowest BCUT2D eigenvalue weighted by Crippen LogP contribution is -2.61. The second-order valence-corrected chi connectivity index (χ2v) is 10.4. The minimum Gasteiger partial charge on any atom is -0.463 e. The number of esters is 4. The number of nitrogens with zero attached hydrogens (tertiary/aromatic N) is 2. The lowest BCUT2D eigenvalue weighted by atomic mass is 9.99. The predicted molar refractivity (Wildman–Crippen MR) is 134 cm³/mol. The van der Waals surface area contributed by atoms with E-state index in [4.69, 9.17) is 23.7 Å². The average Bonchev–Trinajstić information content (AvgIpc) is 2.80. The molecule has 17 heteroatoms. The van der Waals surface area contributed by atoms with Crippen LogP contribution in [0.15, 0.2) is 21.9 Å². The fourth-order valence-electron chi connectivity index (χ4n) is 3.60. The summed E-state index contributed by atoms with van der Waals surface area (Å²) >= 11 is 1.75. The molecule has 0 aromatic heterocycles. The van der Waals surface area contributed by atoms with Gasteiger partial charge in [-0.15, -0.1) is 11.8 Å². The Kier molecular flexibility index (Phi) is 11.5. The van der Waals surface area contributed by atoms with Crippen molar-refractivity contribution in [1.82, 2.24) is 0 Å². The van der Waals surface area contributed by atoms with Gasteiger partial charge in [-0.25, -0.2) is 0 Å². The maximum Gasteiger partial charge on any atom is 0.303 e. The Bertz CT molecular complexity index is 1150. The molecule has 1 aromatic carbocycles. The van der Waals surface area contributed by atoms with Gasteiger partial charge in [-0.3, -0.25) is 39.4 Å². The van der Waals surface area contributed by atoms with Crippen LogP contribution in [0.25, 0.3) is 0 Å². The quantitative estimate of drug-likeness (QED) is 0.120. The molecule has 0 aliphatic carbocycles. The van der Waals surface area contributed by atoms with Crippen LogP contribution in [-0.2, 0) is 42.9 Å². The van der Waals surface area contributed by atoms with Crippen molar-refractivity contribution in [1.29, 1.82) is 0 Å². The number of benzene rings is 1. The number of thioether (sulfide) groups is 2. The van der Waals surface area contributed by atoms with Gasteiger partial charge in [0.15, 0.2) is 18.3 Å². The van der Waals surface area contributed by atoms with Crippen molar-refractivity contribution in [3.8, 4) is 0 Å². The summed E-state index contributed by atoms with van der Waals surface area (Å²) in [4.78, 5) is 69.2. The lowest BCUT2D eigenvalue weighted by molar-refractivity contribution is -0.397. The van der Waals surface area contributed by atoms with Crippen molar-refractivity contribution in [2.24, 2.45) is 0 Å². The molecule has 15 nitrogen and oxygen atoms in total. The SMILES string of the molecule is CCSc1cc(S[C@@H]2O[C@H](COC(C)=O)[C@H](OC(C)=O)[C@H](OC(C)=O)[C@H]2OC(C)=O)c([N+](=O)[O-])cc1[N+](=O)[O-]. The summed E-state index contributed by atoms with van der Waals surface area (Å²) in [5.74, 6) is -2.78. The summed E-state index contributed by atoms with van der Waals surface area (Å²) in [7, 11) is 0. The monoisotopic (exact) mass is 590 g/mol. The first kappa shape index (κ1) is 31.8. The molecule has 39 heavy (non-hydrogen) atoms. The second kappa shape index (κ2) is 14.1. The van der Waals surface area contributed by atoms with Gasteiger partial charge in [0.05, 0.1) is 25.7 Å². The van der Waals surface area contributed by atoms with Gasteiger partial charge in [-0.1, -0.05) is 18.7 Å². The van der Waals surface area contributed by atoms with E-state index in [-0.39, 0.29) is 9.79 Å². The van der Waals surface area contributed by atoms with Gasteiger partial charge >= 0.3 is 23.9 Å². The van der Waals surface area contributed by atoms with Crippen molar-refractivity contribution in [3.63, 3.8) is 0 Å². The van der Waals surface area contributed by atoms with E-state index in [2.05, 4.69) is 0 Å². The molecule has 1 heterocycles. The van der Waals surface area contributed by atoms with Gasteiger partial charge < -0.3 is 23.7 Å². The molecule has 1 saturated heterocycles. The molecular weight excluding hydrogens is 564 g/mol. The standard InChI is InChI=1S/C22H26N2O13S2/c1-6-38-17-8-18(15(24(31)32)7-14(17)23(29)30)39-22-21(36-13(5)28)20(35-12(4)27)19(34-11(3)26)16(37-22)9-33-10(2)25/h7-8,16,19-22H,6,9H2,1-5H3/t16-,19+,20+,21-,22+/m1/s1. The van der Waals surface area contributed by atoms with Gasteiger partial charge in [0.2, 0.25) is 0 Å². The molecule has 0 bridgehead atoms. The zero-order valence-corrected chi connectivity index (χ0v) is 23.1. The van der Waals surface area contributed by atoms with Crippen molar-refractivity contribution in [2.75, 3.05) is 12.4 Å². The third-order valence-electron chi connectivity index (χ3n) is 4.93. The van der Waals surface area contributed by atoms with Gasteiger partial charge in [0.25, 0.3) is 11.4 Å². The summed E-state index contributed by atoms with van der Waals surface area (Å²) in [6, 6.07) is 2.05. The Hall–Kier alpha value is -3.44. The molecule has 0 unspecified atom stereocenters. The Balaban J connectivity index is 2.67. The summed E-state index contributed by atoms with van der Waals surface area (Å²) < 4.78 is 27.0. The van der Waals surface area contributed by atoms with Gasteiger partial charge in [0, 0.05) is 27.7 Å². The second-order valence-electron chi connectivity index (χ2n) is 7.92. The zero-order valence-electron chi connectivity index (χ0n) is 21.5. The third kappa shape index (κ3) is 8.79. The third-order valence-corrected chi connectivity index (χ3v) is 7.04. The van der Waals surface area contributed by atoms with Crippen molar-refractivity contribution < 1.29 is 52.7 Å². The first-order chi connectivity index (χ1) is 18.2. The number of carbonyl (C=O) groups is 4. The van der Waals surface area contributed by atoms with Gasteiger partial charge in [-0.2, -0.15) is 0 Å². The van der Waals surface area contributed by atoms with Crippen LogP contribution in [0.2, 0.25) is 0 Å². The number of hydrogen-bond donors (Lipinski definition) is 0. The zero-order chi connectivity index (χ0) is 29.4. The van der Waals surface area contributed by atoms with Crippen LogP contribution in [0, 0.1) is 20.2 Å². The lowest BCUT2D eigenvalue weighted by Gasteiger charge is -2.44. The van der Waals surface area contributed by atoms with E-state index in [1.54, 1.807) is 6.92 Å². The maximum absolute atomic E-state index is 12.0. The first-order valence-corrected chi connectivity index (χ1v) is 13.2. The van der Waals surface area contributed by atoms with Crippen LogP contribution >= 0.6 is 23.5 Å². The predicted octanol–water partition coefficient (Wildman–Crippen LogP) is 2.79. The number of rotatable bonds is 11. The molecule has 0 amide bonds. The summed E-state index contributed by atoms with van der Waals surface area (Å²) in [6.45, 7) is 5.57. The smallest absolute Gasteiger partial charge is 0.303 e. The maximum atomic E-state index is 12.0. The summed E-state index contributed by atoms with van der Waals surface area (Å²) in [6.07, 6.45) is -5.59. The van der Waals surface area contributed by atoms with E-state index in [1.807, 2.05) is 0 Å². The van der Waals surface area contributed by atoms with E-state index < -0.39 is 81.6 Å². The van der Waals surface area contributed by atoms with Crippen LogP contribution in [0.4, 0.5) is 11.4 Å². The Morgan fingerprint density at radius 3 is 1.82 bits per heavy atom. The topological polar surface area (TPSA) is 201 Å². The molecule has 2 rings (SSSR count). The Morgan fingerprint density at radius 2 is 1.33 bits per heavy atom. The van der Waals surface area contributed by atoms with Crippen molar-refractivity contribution in [2.45, 2.75) is 74.3 Å². The molecule has 0 N–H and O–H groups in total. The number of carbonyl (C=O) groups excluding carboxylic acids is 4. The molecule has 5 atom stereocenters. The summed E-state index contributed by atoms with van der Waals surface area (Å²) in [5, 5.41) is 23.4.